The first-order chi connectivity index (χ1) is 10.9. The number of ether oxygens (including phenoxy) is 1. The number of phenols is 4. The minimum atomic E-state index is -1.58. The third-order valence-corrected chi connectivity index (χ3v) is 4.81. The quantitative estimate of drug-likeness (QED) is 0.515. The summed E-state index contributed by atoms with van der Waals surface area (Å²) in [7, 11) is 0. The molecule has 4 rings (SSSR count). The summed E-state index contributed by atoms with van der Waals surface area (Å²) in [5, 5.41) is 50.3. The minimum absolute atomic E-state index is 0.243. The summed E-state index contributed by atoms with van der Waals surface area (Å²) in [6, 6.07) is 6.82. The van der Waals surface area contributed by atoms with E-state index in [2.05, 4.69) is 0 Å². The second kappa shape index (κ2) is 4.53. The molecule has 2 aromatic rings. The van der Waals surface area contributed by atoms with Gasteiger partial charge in [0.15, 0.2) is 23.0 Å². The van der Waals surface area contributed by atoms with Gasteiger partial charge in [0.1, 0.15) is 5.60 Å². The van der Waals surface area contributed by atoms with Gasteiger partial charge in [-0.25, -0.2) is 0 Å². The lowest BCUT2D eigenvalue weighted by Crippen LogP contribution is -2.43. The summed E-state index contributed by atoms with van der Waals surface area (Å²) >= 11 is 0. The summed E-state index contributed by atoms with van der Waals surface area (Å²) in [5.74, 6) is -1.23. The Kier molecular flexibility index (Phi) is 2.79. The van der Waals surface area contributed by atoms with Crippen LogP contribution in [0.25, 0.3) is 0 Å². The molecule has 2 aliphatic heterocycles. The molecule has 0 spiro atoms. The van der Waals surface area contributed by atoms with E-state index in [0.717, 1.165) is 0 Å². The lowest BCUT2D eigenvalue weighted by molar-refractivity contribution is -0.102. The first-order valence-electron chi connectivity index (χ1n) is 7.38. The fourth-order valence-electron chi connectivity index (χ4n) is 3.64. The van der Waals surface area contributed by atoms with Gasteiger partial charge in [0.25, 0.3) is 0 Å². The van der Waals surface area contributed by atoms with Crippen molar-refractivity contribution in [2.45, 2.75) is 30.7 Å². The lowest BCUT2D eigenvalue weighted by Gasteiger charge is -2.40. The normalized spacial score (nSPS) is 28.6. The third kappa shape index (κ3) is 1.82. The Morgan fingerprint density at radius 1 is 0.870 bits per heavy atom. The summed E-state index contributed by atoms with van der Waals surface area (Å²) < 4.78 is 5.87. The zero-order valence-corrected chi connectivity index (χ0v) is 12.1. The molecule has 0 aromatic heterocycles. The van der Waals surface area contributed by atoms with Crippen molar-refractivity contribution in [1.82, 2.24) is 0 Å². The van der Waals surface area contributed by atoms with Crippen molar-refractivity contribution in [2.75, 3.05) is 0 Å². The predicted octanol–water partition coefficient (Wildman–Crippen LogP) is 1.98. The number of hydrogen-bond acceptors (Lipinski definition) is 6. The van der Waals surface area contributed by atoms with Crippen molar-refractivity contribution in [2.24, 2.45) is 0 Å². The van der Waals surface area contributed by atoms with Crippen LogP contribution in [0.5, 0.6) is 23.0 Å². The van der Waals surface area contributed by atoms with Gasteiger partial charge in [-0.1, -0.05) is 6.07 Å². The molecular weight excluding hydrogens is 300 g/mol. The fraction of sp³-hybridized carbons (Fsp3) is 0.294. The molecule has 0 saturated carbocycles. The highest BCUT2D eigenvalue weighted by Gasteiger charge is 2.52. The molecule has 120 valence electrons. The third-order valence-electron chi connectivity index (χ3n) is 4.81. The Bertz CT molecular complexity index is 802. The van der Waals surface area contributed by atoms with Crippen molar-refractivity contribution in [3.05, 3.63) is 47.0 Å². The van der Waals surface area contributed by atoms with Crippen LogP contribution in [0.15, 0.2) is 30.3 Å². The largest absolute Gasteiger partial charge is 0.504 e. The first kappa shape index (κ1) is 14.2. The number of benzene rings is 2. The van der Waals surface area contributed by atoms with Crippen LogP contribution in [-0.2, 0) is 10.3 Å². The summed E-state index contributed by atoms with van der Waals surface area (Å²) in [6.07, 6.45) is 0.508. The molecule has 1 fully saturated rings. The Hall–Kier alpha value is -2.44. The summed E-state index contributed by atoms with van der Waals surface area (Å²) in [5.41, 5.74) is -0.177. The van der Waals surface area contributed by atoms with E-state index in [9.17, 15) is 25.5 Å². The van der Waals surface area contributed by atoms with E-state index in [4.69, 9.17) is 4.74 Å². The van der Waals surface area contributed by atoms with Crippen LogP contribution in [0.2, 0.25) is 0 Å². The molecule has 0 unspecified atom stereocenters. The van der Waals surface area contributed by atoms with Gasteiger partial charge in [0.2, 0.25) is 0 Å². The van der Waals surface area contributed by atoms with Crippen LogP contribution in [0.4, 0.5) is 0 Å². The molecule has 5 N–H and O–H groups in total. The molecule has 6 heteroatoms. The van der Waals surface area contributed by atoms with Crippen LogP contribution in [0.3, 0.4) is 0 Å². The summed E-state index contributed by atoms with van der Waals surface area (Å²) in [4.78, 5) is 0. The van der Waals surface area contributed by atoms with Crippen LogP contribution in [0.1, 0.15) is 35.6 Å². The Labute approximate surface area is 131 Å². The van der Waals surface area contributed by atoms with Gasteiger partial charge >= 0.3 is 0 Å². The fourth-order valence-corrected chi connectivity index (χ4v) is 3.64. The molecular formula is C17H16O6. The van der Waals surface area contributed by atoms with Crippen molar-refractivity contribution >= 4 is 0 Å². The van der Waals surface area contributed by atoms with Crippen LogP contribution >= 0.6 is 0 Å². The number of phenolic OH excluding ortho intramolecular Hbond substituents is 4. The van der Waals surface area contributed by atoms with E-state index in [-0.39, 0.29) is 29.1 Å². The molecule has 2 aromatic carbocycles. The highest BCUT2D eigenvalue weighted by atomic mass is 16.5. The maximum atomic E-state index is 11.4. The Balaban J connectivity index is 1.98. The molecule has 2 heterocycles. The Morgan fingerprint density at radius 2 is 1.57 bits per heavy atom. The van der Waals surface area contributed by atoms with Crippen LogP contribution in [-0.4, -0.2) is 31.6 Å². The van der Waals surface area contributed by atoms with E-state index in [1.807, 2.05) is 0 Å². The van der Waals surface area contributed by atoms with Gasteiger partial charge in [0.05, 0.1) is 12.2 Å². The molecule has 0 amide bonds. The number of aromatic hydroxyl groups is 4. The molecule has 1 saturated heterocycles. The standard InChI is InChI=1S/C17H16O6/c18-11-2-1-8(5-12(11)19)17(22)10-7-14(21)13(20)6-9(10)15-3-4-16(17)23-15/h1-2,5-7,15-16,18-22H,3-4H2/t15-,16+,17+/m0/s1. The highest BCUT2D eigenvalue weighted by molar-refractivity contribution is 5.55. The van der Waals surface area contributed by atoms with Gasteiger partial charge in [-0.3, -0.25) is 0 Å². The van der Waals surface area contributed by atoms with Gasteiger partial charge in [0, 0.05) is 5.56 Å². The van der Waals surface area contributed by atoms with Crippen molar-refractivity contribution in [1.29, 1.82) is 0 Å². The zero-order valence-electron chi connectivity index (χ0n) is 12.1. The molecule has 6 nitrogen and oxygen atoms in total. The van der Waals surface area contributed by atoms with E-state index < -0.39 is 11.7 Å². The lowest BCUT2D eigenvalue weighted by atomic mass is 9.78. The average molecular weight is 316 g/mol. The maximum absolute atomic E-state index is 11.4. The van der Waals surface area contributed by atoms with Crippen LogP contribution in [0, 0.1) is 0 Å². The van der Waals surface area contributed by atoms with Crippen LogP contribution < -0.4 is 0 Å². The predicted molar refractivity (Wildman–Crippen MR) is 79.4 cm³/mol. The average Bonchev–Trinajstić information content (AvgIpc) is 2.97. The molecule has 2 aliphatic rings. The number of hydrogen-bond donors (Lipinski definition) is 5. The zero-order chi connectivity index (χ0) is 16.4. The smallest absolute Gasteiger partial charge is 0.157 e. The SMILES string of the molecule is Oc1ccc([C@@]2(O)c3cc(O)c(O)cc3[C@@H]3CC[C@H]2O3)cc1O. The van der Waals surface area contributed by atoms with Crippen molar-refractivity contribution < 1.29 is 30.3 Å². The van der Waals surface area contributed by atoms with Gasteiger partial charge in [-0.15, -0.1) is 0 Å². The topological polar surface area (TPSA) is 110 Å². The second-order valence-electron chi connectivity index (χ2n) is 6.09. The number of fused-ring (bicyclic) bond motifs is 4. The maximum Gasteiger partial charge on any atom is 0.157 e. The van der Waals surface area contributed by atoms with Crippen molar-refractivity contribution in [3.63, 3.8) is 0 Å². The van der Waals surface area contributed by atoms with E-state index in [1.54, 1.807) is 0 Å². The van der Waals surface area contributed by atoms with E-state index >= 15 is 0 Å². The van der Waals surface area contributed by atoms with Gasteiger partial charge in [-0.2, -0.15) is 0 Å². The molecule has 0 radical (unpaired) electrons. The summed E-state index contributed by atoms with van der Waals surface area (Å²) in [6.45, 7) is 0. The number of rotatable bonds is 1. The molecule has 23 heavy (non-hydrogen) atoms. The Morgan fingerprint density at radius 3 is 2.30 bits per heavy atom. The van der Waals surface area contributed by atoms with E-state index in [0.29, 0.717) is 29.5 Å². The molecule has 3 atom stereocenters. The molecule has 2 bridgehead atoms. The monoisotopic (exact) mass is 316 g/mol. The van der Waals surface area contributed by atoms with E-state index in [1.165, 1.54) is 30.3 Å². The van der Waals surface area contributed by atoms with Crippen molar-refractivity contribution in [3.8, 4) is 23.0 Å². The highest BCUT2D eigenvalue weighted by Crippen LogP contribution is 2.54. The van der Waals surface area contributed by atoms with Gasteiger partial charge < -0.3 is 30.3 Å². The second-order valence-corrected chi connectivity index (χ2v) is 6.09. The minimum Gasteiger partial charge on any atom is -0.504 e. The number of aliphatic hydroxyl groups is 1. The first-order valence-corrected chi connectivity index (χ1v) is 7.38. The van der Waals surface area contributed by atoms with Gasteiger partial charge in [-0.05, 0) is 48.2 Å². The molecule has 0 aliphatic carbocycles.